The van der Waals surface area contributed by atoms with Gasteiger partial charge in [0, 0.05) is 17.7 Å². The van der Waals surface area contributed by atoms with Crippen LogP contribution in [0.5, 0.6) is 11.5 Å². The highest BCUT2D eigenvalue weighted by atomic mass is 127. The van der Waals surface area contributed by atoms with Crippen molar-refractivity contribution in [2.45, 2.75) is 6.61 Å². The second-order valence-corrected chi connectivity index (χ2v) is 10.2. The van der Waals surface area contributed by atoms with E-state index in [-0.39, 0.29) is 22.5 Å². The highest BCUT2D eigenvalue weighted by molar-refractivity contribution is 14.1. The average molecular weight is 629 g/mol. The van der Waals surface area contributed by atoms with Gasteiger partial charge in [0.05, 0.1) is 37.8 Å². The van der Waals surface area contributed by atoms with E-state index in [0.29, 0.717) is 33.2 Å². The molecule has 3 aromatic carbocycles. The number of hydrogen-bond acceptors (Lipinski definition) is 8. The van der Waals surface area contributed by atoms with Crippen LogP contribution in [0.1, 0.15) is 16.7 Å². The Bertz CT molecular complexity index is 1470. The first-order valence-electron chi connectivity index (χ1n) is 10.3. The summed E-state index contributed by atoms with van der Waals surface area (Å²) in [5.74, 6) is 0.622. The van der Waals surface area contributed by atoms with Crippen LogP contribution in [0.4, 0.5) is 11.4 Å². The fourth-order valence-electron chi connectivity index (χ4n) is 3.46. The van der Waals surface area contributed by atoms with Crippen molar-refractivity contribution in [1.29, 1.82) is 5.26 Å². The van der Waals surface area contributed by atoms with Gasteiger partial charge in [-0.05, 0) is 58.5 Å². The molecule has 11 heteroatoms. The SMILES string of the molecule is COc1cc(/C=C2/SC(=S)N(c3cccc([N+](=O)[O-])c3)C2=O)cc(I)c1OCc1ccccc1C#N. The fraction of sp³-hybridized carbons (Fsp3) is 0.0800. The summed E-state index contributed by atoms with van der Waals surface area (Å²) in [7, 11) is 1.52. The predicted octanol–water partition coefficient (Wildman–Crippen LogP) is 6.06. The number of rotatable bonds is 7. The van der Waals surface area contributed by atoms with E-state index in [0.717, 1.165) is 20.9 Å². The van der Waals surface area contributed by atoms with Gasteiger partial charge in [-0.25, -0.2) is 0 Å². The normalized spacial score (nSPS) is 14.1. The molecule has 36 heavy (non-hydrogen) atoms. The number of thiocarbonyl (C=S) groups is 1. The Morgan fingerprint density at radius 3 is 2.72 bits per heavy atom. The molecule has 0 radical (unpaired) electrons. The van der Waals surface area contributed by atoms with Crippen molar-refractivity contribution in [3.8, 4) is 17.6 Å². The second kappa shape index (κ2) is 11.1. The molecule has 0 aromatic heterocycles. The molecule has 1 saturated heterocycles. The Labute approximate surface area is 229 Å². The van der Waals surface area contributed by atoms with Gasteiger partial charge in [-0.1, -0.05) is 48.2 Å². The lowest BCUT2D eigenvalue weighted by Gasteiger charge is -2.15. The third-order valence-electron chi connectivity index (χ3n) is 5.15. The molecule has 1 aliphatic rings. The number of methoxy groups -OCH3 is 1. The number of hydrogen-bond donors (Lipinski definition) is 0. The van der Waals surface area contributed by atoms with Crippen molar-refractivity contribution in [3.63, 3.8) is 0 Å². The molecule has 1 amide bonds. The number of nitro groups is 1. The Hall–Kier alpha value is -3.47. The zero-order valence-corrected chi connectivity index (χ0v) is 22.4. The van der Waals surface area contributed by atoms with Gasteiger partial charge in [-0.3, -0.25) is 19.8 Å². The summed E-state index contributed by atoms with van der Waals surface area (Å²) in [6, 6.07) is 18.7. The molecule has 0 atom stereocenters. The second-order valence-electron chi connectivity index (χ2n) is 7.39. The number of amides is 1. The number of benzene rings is 3. The smallest absolute Gasteiger partial charge is 0.271 e. The first-order chi connectivity index (χ1) is 17.3. The van der Waals surface area contributed by atoms with Crippen molar-refractivity contribution in [2.75, 3.05) is 12.0 Å². The minimum absolute atomic E-state index is 0.127. The van der Waals surface area contributed by atoms with Gasteiger partial charge in [0.2, 0.25) is 0 Å². The van der Waals surface area contributed by atoms with Crippen molar-refractivity contribution >= 4 is 74.2 Å². The minimum Gasteiger partial charge on any atom is -0.493 e. The highest BCUT2D eigenvalue weighted by Crippen LogP contribution is 2.39. The van der Waals surface area contributed by atoms with Gasteiger partial charge in [0.1, 0.15) is 6.61 Å². The molecule has 0 unspecified atom stereocenters. The summed E-state index contributed by atoms with van der Waals surface area (Å²) >= 11 is 8.63. The topological polar surface area (TPSA) is 106 Å². The fourth-order valence-corrected chi connectivity index (χ4v) is 5.54. The summed E-state index contributed by atoms with van der Waals surface area (Å²) in [4.78, 5) is 25.4. The van der Waals surface area contributed by atoms with E-state index in [2.05, 4.69) is 28.7 Å². The van der Waals surface area contributed by atoms with E-state index in [1.54, 1.807) is 30.3 Å². The lowest BCUT2D eigenvalue weighted by Crippen LogP contribution is -2.27. The number of non-ortho nitro benzene ring substituents is 1. The molecule has 0 spiro atoms. The number of carbonyl (C=O) groups excluding carboxylic acids is 1. The van der Waals surface area contributed by atoms with E-state index in [9.17, 15) is 20.2 Å². The molecule has 180 valence electrons. The number of halogens is 1. The van der Waals surface area contributed by atoms with E-state index >= 15 is 0 Å². The van der Waals surface area contributed by atoms with Crippen LogP contribution in [0.15, 0.2) is 65.6 Å². The first-order valence-corrected chi connectivity index (χ1v) is 12.6. The summed E-state index contributed by atoms with van der Waals surface area (Å²) in [5.41, 5.74) is 2.20. The summed E-state index contributed by atoms with van der Waals surface area (Å²) < 4.78 is 12.6. The predicted molar refractivity (Wildman–Crippen MR) is 150 cm³/mol. The number of nitro benzene ring substituents is 1. The average Bonchev–Trinajstić information content (AvgIpc) is 3.15. The molecule has 0 N–H and O–H groups in total. The number of thioether (sulfide) groups is 1. The van der Waals surface area contributed by atoms with Crippen LogP contribution in [0.3, 0.4) is 0 Å². The van der Waals surface area contributed by atoms with Crippen LogP contribution in [0.2, 0.25) is 0 Å². The number of nitrogens with zero attached hydrogens (tertiary/aromatic N) is 3. The molecular formula is C25H16IN3O5S2. The van der Waals surface area contributed by atoms with Crippen molar-refractivity contribution in [2.24, 2.45) is 0 Å². The first kappa shape index (κ1) is 25.6. The third kappa shape index (κ3) is 5.35. The van der Waals surface area contributed by atoms with E-state index in [4.69, 9.17) is 21.7 Å². The van der Waals surface area contributed by atoms with Gasteiger partial charge < -0.3 is 9.47 Å². The number of carbonyl (C=O) groups is 1. The van der Waals surface area contributed by atoms with E-state index in [1.807, 2.05) is 18.2 Å². The van der Waals surface area contributed by atoms with Crippen LogP contribution >= 0.6 is 46.6 Å². The number of ether oxygens (including phenoxy) is 2. The molecule has 1 fully saturated rings. The molecule has 1 heterocycles. The minimum atomic E-state index is -0.520. The molecule has 0 saturated carbocycles. The van der Waals surface area contributed by atoms with Crippen LogP contribution < -0.4 is 14.4 Å². The largest absolute Gasteiger partial charge is 0.493 e. The molecule has 8 nitrogen and oxygen atoms in total. The molecule has 0 aliphatic carbocycles. The Kier molecular flexibility index (Phi) is 7.88. The quantitative estimate of drug-likeness (QED) is 0.102. The standard InChI is InChI=1S/C25H16IN3O5S2/c1-33-21-10-15(9-20(26)23(21)34-14-17-6-3-2-5-16(17)13-27)11-22-24(30)28(25(35)36-22)18-7-4-8-19(12-18)29(31)32/h2-12H,14H2,1H3/b22-11+. The van der Waals surface area contributed by atoms with Gasteiger partial charge in [0.25, 0.3) is 11.6 Å². The van der Waals surface area contributed by atoms with Crippen molar-refractivity contribution in [1.82, 2.24) is 0 Å². The maximum atomic E-state index is 13.1. The third-order valence-corrected chi connectivity index (χ3v) is 7.26. The van der Waals surface area contributed by atoms with Gasteiger partial charge in [0.15, 0.2) is 15.8 Å². The lowest BCUT2D eigenvalue weighted by molar-refractivity contribution is -0.384. The molecule has 0 bridgehead atoms. The Morgan fingerprint density at radius 2 is 2.00 bits per heavy atom. The van der Waals surface area contributed by atoms with Gasteiger partial charge in [-0.15, -0.1) is 0 Å². The van der Waals surface area contributed by atoms with Crippen LogP contribution in [-0.4, -0.2) is 22.3 Å². The maximum absolute atomic E-state index is 13.1. The molecule has 1 aliphatic heterocycles. The maximum Gasteiger partial charge on any atom is 0.271 e. The highest BCUT2D eigenvalue weighted by Gasteiger charge is 2.34. The van der Waals surface area contributed by atoms with E-state index < -0.39 is 4.92 Å². The lowest BCUT2D eigenvalue weighted by atomic mass is 10.1. The summed E-state index contributed by atoms with van der Waals surface area (Å²) in [5, 5.41) is 20.4. The van der Waals surface area contributed by atoms with Crippen molar-refractivity contribution < 1.29 is 19.2 Å². The van der Waals surface area contributed by atoms with Crippen LogP contribution in [-0.2, 0) is 11.4 Å². The Balaban J connectivity index is 1.60. The summed E-state index contributed by atoms with van der Waals surface area (Å²) in [6.45, 7) is 0.192. The van der Waals surface area contributed by atoms with Gasteiger partial charge >= 0.3 is 0 Å². The van der Waals surface area contributed by atoms with Crippen LogP contribution in [0.25, 0.3) is 6.08 Å². The molecular weight excluding hydrogens is 613 g/mol. The number of nitriles is 1. The zero-order valence-electron chi connectivity index (χ0n) is 18.6. The van der Waals surface area contributed by atoms with Crippen molar-refractivity contribution in [3.05, 3.63) is 95.9 Å². The van der Waals surface area contributed by atoms with Gasteiger partial charge in [-0.2, -0.15) is 5.26 Å². The number of anilines is 1. The van der Waals surface area contributed by atoms with Crippen LogP contribution in [0, 0.1) is 25.0 Å². The summed E-state index contributed by atoms with van der Waals surface area (Å²) in [6.07, 6.45) is 1.69. The monoisotopic (exact) mass is 629 g/mol. The van der Waals surface area contributed by atoms with E-state index in [1.165, 1.54) is 30.2 Å². The molecule has 4 rings (SSSR count). The Morgan fingerprint density at radius 1 is 1.22 bits per heavy atom. The zero-order chi connectivity index (χ0) is 25.8. The molecule has 3 aromatic rings.